The van der Waals surface area contributed by atoms with E-state index in [1.54, 1.807) is 6.21 Å². The molecule has 1 aromatic carbocycles. The maximum absolute atomic E-state index is 5.54. The van der Waals surface area contributed by atoms with Crippen molar-refractivity contribution in [2.75, 3.05) is 11.9 Å². The number of nitrogens with two attached hydrogens (primary N) is 1. The third kappa shape index (κ3) is 1.60. The number of anilines is 1. The molecule has 66 valence electrons. The van der Waals surface area contributed by atoms with Gasteiger partial charge in [0.05, 0.1) is 11.4 Å². The molecule has 0 atom stereocenters. The lowest BCUT2D eigenvalue weighted by molar-refractivity contribution is 1.15. The predicted octanol–water partition coefficient (Wildman–Crippen LogP) is 1.66. The van der Waals surface area contributed by atoms with E-state index in [0.29, 0.717) is 6.54 Å². The largest absolute Gasteiger partial charge is 0.356 e. The number of aliphatic imine (C=N–C) groups is 1. The molecule has 0 aromatic heterocycles. The highest BCUT2D eigenvalue weighted by Gasteiger charge is 2.03. The SMILES string of the molecule is NCC1=CC=Nc2ccccc2N1. The number of para-hydroxylation sites is 2. The molecule has 3 N–H and O–H groups in total. The highest BCUT2D eigenvalue weighted by molar-refractivity contribution is 5.83. The average molecular weight is 173 g/mol. The Morgan fingerprint density at radius 2 is 2.15 bits per heavy atom. The van der Waals surface area contributed by atoms with Gasteiger partial charge in [-0.25, -0.2) is 0 Å². The van der Waals surface area contributed by atoms with Crippen LogP contribution in [0.4, 0.5) is 11.4 Å². The molecule has 1 heterocycles. The number of hydrogen-bond acceptors (Lipinski definition) is 3. The van der Waals surface area contributed by atoms with Gasteiger partial charge in [-0.15, -0.1) is 0 Å². The molecule has 0 aliphatic carbocycles. The number of nitrogens with zero attached hydrogens (tertiary/aromatic N) is 1. The van der Waals surface area contributed by atoms with E-state index in [2.05, 4.69) is 10.3 Å². The summed E-state index contributed by atoms with van der Waals surface area (Å²) in [7, 11) is 0. The third-order valence-corrected chi connectivity index (χ3v) is 1.91. The van der Waals surface area contributed by atoms with E-state index in [1.165, 1.54) is 0 Å². The Hall–Kier alpha value is -1.61. The fourth-order valence-electron chi connectivity index (χ4n) is 1.23. The van der Waals surface area contributed by atoms with Gasteiger partial charge in [-0.2, -0.15) is 0 Å². The van der Waals surface area contributed by atoms with Crippen LogP contribution in [-0.2, 0) is 0 Å². The van der Waals surface area contributed by atoms with Crippen LogP contribution in [0.25, 0.3) is 0 Å². The van der Waals surface area contributed by atoms with Crippen molar-refractivity contribution in [2.45, 2.75) is 0 Å². The summed E-state index contributed by atoms with van der Waals surface area (Å²) < 4.78 is 0. The van der Waals surface area contributed by atoms with Gasteiger partial charge >= 0.3 is 0 Å². The standard InChI is InChI=1S/C10H11N3/c11-7-8-5-6-12-9-3-1-2-4-10(9)13-8/h1-6,13H,7,11H2. The van der Waals surface area contributed by atoms with E-state index in [-0.39, 0.29) is 0 Å². The first kappa shape index (κ1) is 8.01. The van der Waals surface area contributed by atoms with Gasteiger partial charge in [-0.3, -0.25) is 4.99 Å². The molecular formula is C10H11N3. The molecule has 0 radical (unpaired) electrons. The lowest BCUT2D eigenvalue weighted by atomic mass is 10.2. The Morgan fingerprint density at radius 1 is 1.31 bits per heavy atom. The zero-order chi connectivity index (χ0) is 9.10. The number of benzene rings is 1. The molecule has 0 saturated heterocycles. The van der Waals surface area contributed by atoms with Crippen LogP contribution in [0.5, 0.6) is 0 Å². The molecule has 1 aliphatic heterocycles. The Bertz CT molecular complexity index is 366. The van der Waals surface area contributed by atoms with E-state index in [4.69, 9.17) is 5.73 Å². The Balaban J connectivity index is 2.40. The summed E-state index contributed by atoms with van der Waals surface area (Å²) in [6.45, 7) is 0.500. The molecule has 0 bridgehead atoms. The van der Waals surface area contributed by atoms with Crippen LogP contribution in [0.1, 0.15) is 0 Å². The van der Waals surface area contributed by atoms with Crippen molar-refractivity contribution in [3.63, 3.8) is 0 Å². The second-order valence-electron chi connectivity index (χ2n) is 2.82. The Kier molecular flexibility index (Phi) is 2.10. The van der Waals surface area contributed by atoms with Crippen LogP contribution in [-0.4, -0.2) is 12.8 Å². The number of fused-ring (bicyclic) bond motifs is 1. The summed E-state index contributed by atoms with van der Waals surface area (Å²) in [5.41, 5.74) is 8.47. The topological polar surface area (TPSA) is 50.4 Å². The summed E-state index contributed by atoms with van der Waals surface area (Å²) >= 11 is 0. The van der Waals surface area contributed by atoms with Crippen molar-refractivity contribution in [1.29, 1.82) is 0 Å². The highest BCUT2D eigenvalue weighted by Crippen LogP contribution is 2.26. The fourth-order valence-corrected chi connectivity index (χ4v) is 1.23. The van der Waals surface area contributed by atoms with E-state index < -0.39 is 0 Å². The van der Waals surface area contributed by atoms with Crippen LogP contribution >= 0.6 is 0 Å². The van der Waals surface area contributed by atoms with E-state index >= 15 is 0 Å². The molecule has 0 saturated carbocycles. The number of allylic oxidation sites excluding steroid dienone is 1. The van der Waals surface area contributed by atoms with Gasteiger partial charge in [0.1, 0.15) is 0 Å². The first-order valence-electron chi connectivity index (χ1n) is 4.19. The van der Waals surface area contributed by atoms with Crippen LogP contribution in [0.15, 0.2) is 41.0 Å². The van der Waals surface area contributed by atoms with Gasteiger partial charge in [0.2, 0.25) is 0 Å². The molecule has 0 unspecified atom stereocenters. The molecule has 2 rings (SSSR count). The van der Waals surface area contributed by atoms with Gasteiger partial charge in [0.15, 0.2) is 0 Å². The number of hydrogen-bond donors (Lipinski definition) is 2. The summed E-state index contributed by atoms with van der Waals surface area (Å²) in [6.07, 6.45) is 3.65. The third-order valence-electron chi connectivity index (χ3n) is 1.91. The maximum atomic E-state index is 5.54. The zero-order valence-electron chi connectivity index (χ0n) is 7.20. The monoisotopic (exact) mass is 173 g/mol. The quantitative estimate of drug-likeness (QED) is 0.678. The highest BCUT2D eigenvalue weighted by atomic mass is 14.9. The van der Waals surface area contributed by atoms with Crippen molar-refractivity contribution in [1.82, 2.24) is 0 Å². The van der Waals surface area contributed by atoms with Crippen LogP contribution in [0, 0.1) is 0 Å². The van der Waals surface area contributed by atoms with E-state index in [9.17, 15) is 0 Å². The maximum Gasteiger partial charge on any atom is 0.0864 e. The van der Waals surface area contributed by atoms with Gasteiger partial charge in [-0.05, 0) is 18.2 Å². The minimum Gasteiger partial charge on any atom is -0.356 e. The molecule has 13 heavy (non-hydrogen) atoms. The molecule has 1 aliphatic rings. The van der Waals surface area contributed by atoms with Gasteiger partial charge < -0.3 is 11.1 Å². The van der Waals surface area contributed by atoms with Crippen LogP contribution in [0.2, 0.25) is 0 Å². The summed E-state index contributed by atoms with van der Waals surface area (Å²) in [4.78, 5) is 4.27. The minimum absolute atomic E-state index is 0.500. The molecule has 0 fully saturated rings. The predicted molar refractivity (Wildman–Crippen MR) is 55.4 cm³/mol. The van der Waals surface area contributed by atoms with Crippen LogP contribution in [0.3, 0.4) is 0 Å². The molecular weight excluding hydrogens is 162 g/mol. The van der Waals surface area contributed by atoms with Crippen molar-refractivity contribution >= 4 is 17.6 Å². The molecule has 0 amide bonds. The van der Waals surface area contributed by atoms with Crippen molar-refractivity contribution < 1.29 is 0 Å². The van der Waals surface area contributed by atoms with Gasteiger partial charge in [0.25, 0.3) is 0 Å². The normalized spacial score (nSPS) is 14.1. The molecule has 3 nitrogen and oxygen atoms in total. The molecule has 3 heteroatoms. The zero-order valence-corrected chi connectivity index (χ0v) is 7.20. The second-order valence-corrected chi connectivity index (χ2v) is 2.82. The minimum atomic E-state index is 0.500. The Morgan fingerprint density at radius 3 is 3.00 bits per heavy atom. The lowest BCUT2D eigenvalue weighted by Gasteiger charge is -2.07. The molecule has 1 aromatic rings. The van der Waals surface area contributed by atoms with Crippen molar-refractivity contribution in [3.05, 3.63) is 36.0 Å². The smallest absolute Gasteiger partial charge is 0.0864 e. The Labute approximate surface area is 77.0 Å². The summed E-state index contributed by atoms with van der Waals surface area (Å²) in [5, 5.41) is 3.22. The molecule has 0 spiro atoms. The number of rotatable bonds is 1. The summed E-state index contributed by atoms with van der Waals surface area (Å²) in [5.74, 6) is 0. The van der Waals surface area contributed by atoms with Crippen LogP contribution < -0.4 is 11.1 Å². The van der Waals surface area contributed by atoms with Crippen molar-refractivity contribution in [2.24, 2.45) is 10.7 Å². The van der Waals surface area contributed by atoms with Gasteiger partial charge in [-0.1, -0.05) is 12.1 Å². The average Bonchev–Trinajstić information content (AvgIpc) is 2.38. The fraction of sp³-hybridized carbons (Fsp3) is 0.100. The second kappa shape index (κ2) is 3.41. The first-order chi connectivity index (χ1) is 6.40. The van der Waals surface area contributed by atoms with E-state index in [1.807, 2.05) is 30.3 Å². The first-order valence-corrected chi connectivity index (χ1v) is 4.19. The van der Waals surface area contributed by atoms with Crippen molar-refractivity contribution in [3.8, 4) is 0 Å². The summed E-state index contributed by atoms with van der Waals surface area (Å²) in [6, 6.07) is 7.89. The number of nitrogens with one attached hydrogen (secondary N) is 1. The van der Waals surface area contributed by atoms with Gasteiger partial charge in [0, 0.05) is 18.5 Å². The van der Waals surface area contributed by atoms with E-state index in [0.717, 1.165) is 17.1 Å². The lowest BCUT2D eigenvalue weighted by Crippen LogP contribution is -2.10.